The van der Waals surface area contributed by atoms with Crippen molar-refractivity contribution >= 4 is 30.0 Å². The van der Waals surface area contributed by atoms with Gasteiger partial charge >= 0.3 is 5.69 Å². The first-order valence-electron chi connectivity index (χ1n) is 10.9. The minimum absolute atomic E-state index is 0.0121. The Hall–Kier alpha value is -2.41. The number of nitrogens with one attached hydrogen (secondary N) is 1. The molecule has 3 aromatic rings. The predicted octanol–water partition coefficient (Wildman–Crippen LogP) is 3.76. The number of aryl methyl sites for hydroxylation is 1. The summed E-state index contributed by atoms with van der Waals surface area (Å²) >= 11 is 6.96. The summed E-state index contributed by atoms with van der Waals surface area (Å²) in [6.45, 7) is 8.53. The lowest BCUT2D eigenvalue weighted by Gasteiger charge is -2.48. The van der Waals surface area contributed by atoms with Crippen LogP contribution in [0.15, 0.2) is 76.4 Å². The van der Waals surface area contributed by atoms with Crippen LogP contribution in [-0.4, -0.2) is 23.2 Å². The van der Waals surface area contributed by atoms with E-state index in [-0.39, 0.29) is 16.1 Å². The molecule has 0 spiro atoms. The van der Waals surface area contributed by atoms with E-state index < -0.39 is 25.6 Å². The lowest BCUT2D eigenvalue weighted by atomic mass is 10.2. The Morgan fingerprint density at radius 1 is 1.00 bits per heavy atom. The smallest absolute Gasteiger partial charge is 0.330 e. The van der Waals surface area contributed by atoms with Crippen LogP contribution in [0.2, 0.25) is 10.6 Å². The van der Waals surface area contributed by atoms with E-state index in [0.29, 0.717) is 12.0 Å². The van der Waals surface area contributed by atoms with Gasteiger partial charge in [-0.2, -0.15) is 0 Å². The molecule has 0 saturated carbocycles. The molecule has 0 amide bonds. The van der Waals surface area contributed by atoms with Crippen LogP contribution in [0.3, 0.4) is 0 Å². The van der Waals surface area contributed by atoms with Gasteiger partial charge in [-0.3, -0.25) is 14.3 Å². The van der Waals surface area contributed by atoms with E-state index in [0.717, 1.165) is 0 Å². The first kappa shape index (κ1) is 22.8. The summed E-state index contributed by atoms with van der Waals surface area (Å²) in [5.74, 6) is 0. The zero-order valence-electron chi connectivity index (χ0n) is 18.8. The summed E-state index contributed by atoms with van der Waals surface area (Å²) in [5, 5.41) is 2.50. The lowest BCUT2D eigenvalue weighted by molar-refractivity contribution is 0.0340. The second-order valence-corrected chi connectivity index (χ2v) is 15.0. The van der Waals surface area contributed by atoms with E-state index in [1.807, 2.05) is 12.1 Å². The topological polar surface area (TPSA) is 64.1 Å². The number of nitrogens with zero attached hydrogens (tertiary/aromatic N) is 1. The SMILES string of the molecule is Cc1cn(C2CC([Si](c3ccccc3)(c3ccccc3)C(C)(C)C)C(Cl)O2)c(=O)[nH]c1=O. The molecule has 2 heterocycles. The molecule has 1 aliphatic rings. The largest absolute Gasteiger partial charge is 0.339 e. The summed E-state index contributed by atoms with van der Waals surface area (Å²) < 4.78 is 7.70. The van der Waals surface area contributed by atoms with Gasteiger partial charge in [0.1, 0.15) is 19.9 Å². The number of rotatable bonds is 4. The van der Waals surface area contributed by atoms with Gasteiger partial charge in [-0.1, -0.05) is 103 Å². The van der Waals surface area contributed by atoms with Crippen molar-refractivity contribution in [2.75, 3.05) is 0 Å². The summed E-state index contributed by atoms with van der Waals surface area (Å²) in [4.78, 5) is 26.8. The highest BCUT2D eigenvalue weighted by Crippen LogP contribution is 2.52. The van der Waals surface area contributed by atoms with Crippen LogP contribution in [0.25, 0.3) is 0 Å². The molecule has 168 valence electrons. The average Bonchev–Trinajstić information content (AvgIpc) is 3.13. The van der Waals surface area contributed by atoms with Gasteiger partial charge < -0.3 is 4.74 Å². The van der Waals surface area contributed by atoms with Crippen LogP contribution in [-0.2, 0) is 4.74 Å². The molecule has 0 aliphatic carbocycles. The predicted molar refractivity (Wildman–Crippen MR) is 132 cm³/mol. The van der Waals surface area contributed by atoms with Crippen molar-refractivity contribution in [3.05, 3.63) is 93.3 Å². The van der Waals surface area contributed by atoms with Crippen molar-refractivity contribution < 1.29 is 4.74 Å². The van der Waals surface area contributed by atoms with Gasteiger partial charge in [-0.15, -0.1) is 0 Å². The van der Waals surface area contributed by atoms with E-state index >= 15 is 0 Å². The molecule has 1 fully saturated rings. The van der Waals surface area contributed by atoms with E-state index in [1.165, 1.54) is 14.9 Å². The third kappa shape index (κ3) is 3.70. The molecule has 1 saturated heterocycles. The van der Waals surface area contributed by atoms with Crippen LogP contribution >= 0.6 is 11.6 Å². The number of ether oxygens (including phenoxy) is 1. The molecule has 1 aromatic heterocycles. The standard InChI is InChI=1S/C25H29ClN2O3Si/c1-17-16-28(24(30)27-23(17)29)21-15-20(22(26)31-21)32(25(2,3)4,18-11-7-5-8-12-18)19-13-9-6-10-14-19/h5-14,16,20-22H,15H2,1-4H3,(H,27,29,30). The number of alkyl halides is 1. The van der Waals surface area contributed by atoms with Crippen LogP contribution < -0.4 is 21.6 Å². The maximum Gasteiger partial charge on any atom is 0.330 e. The zero-order valence-corrected chi connectivity index (χ0v) is 20.6. The fourth-order valence-electron chi connectivity index (χ4n) is 5.40. The molecule has 4 rings (SSSR count). The Bertz CT molecular complexity index is 1160. The second kappa shape index (κ2) is 8.50. The van der Waals surface area contributed by atoms with Crippen molar-refractivity contribution in [3.8, 4) is 0 Å². The number of H-pyrrole nitrogens is 1. The van der Waals surface area contributed by atoms with Gasteiger partial charge in [0.15, 0.2) is 0 Å². The first-order chi connectivity index (χ1) is 15.2. The molecule has 2 aromatic carbocycles. The molecule has 0 radical (unpaired) electrons. The average molecular weight is 469 g/mol. The van der Waals surface area contributed by atoms with E-state index in [9.17, 15) is 9.59 Å². The number of hydrogen-bond acceptors (Lipinski definition) is 3. The summed E-state index contributed by atoms with van der Waals surface area (Å²) in [5.41, 5.74) is -0.940. The summed E-state index contributed by atoms with van der Waals surface area (Å²) in [6.07, 6.45) is 1.63. The fraction of sp³-hybridized carbons (Fsp3) is 0.360. The van der Waals surface area contributed by atoms with Crippen molar-refractivity contribution in [2.45, 2.75) is 56.5 Å². The second-order valence-electron chi connectivity index (χ2n) is 9.55. The highest BCUT2D eigenvalue weighted by atomic mass is 35.5. The van der Waals surface area contributed by atoms with Crippen molar-refractivity contribution in [1.82, 2.24) is 9.55 Å². The molecule has 0 bridgehead atoms. The molecule has 5 nitrogen and oxygen atoms in total. The Morgan fingerprint density at radius 2 is 1.53 bits per heavy atom. The zero-order chi connectivity index (χ0) is 23.1. The molecule has 3 atom stereocenters. The Kier molecular flexibility index (Phi) is 6.05. The molecule has 32 heavy (non-hydrogen) atoms. The summed E-state index contributed by atoms with van der Waals surface area (Å²) in [6, 6.07) is 21.2. The number of hydrogen-bond donors (Lipinski definition) is 1. The van der Waals surface area contributed by atoms with Crippen molar-refractivity contribution in [3.63, 3.8) is 0 Å². The van der Waals surface area contributed by atoms with Crippen molar-refractivity contribution in [2.24, 2.45) is 0 Å². The maximum absolute atomic E-state index is 12.6. The van der Waals surface area contributed by atoms with Gasteiger partial charge in [-0.05, 0) is 18.4 Å². The van der Waals surface area contributed by atoms with E-state index in [1.54, 1.807) is 13.1 Å². The third-order valence-corrected chi connectivity index (χ3v) is 13.8. The van der Waals surface area contributed by atoms with Crippen LogP contribution in [0.5, 0.6) is 0 Å². The van der Waals surface area contributed by atoms with Gasteiger partial charge in [0.2, 0.25) is 0 Å². The molecular formula is C25H29ClN2O3Si. The molecular weight excluding hydrogens is 440 g/mol. The van der Waals surface area contributed by atoms with E-state index in [4.69, 9.17) is 16.3 Å². The Morgan fingerprint density at radius 3 is 2.03 bits per heavy atom. The van der Waals surface area contributed by atoms with Gasteiger partial charge in [0.05, 0.1) is 0 Å². The molecule has 7 heteroatoms. The highest BCUT2D eigenvalue weighted by molar-refractivity contribution is 7.05. The quantitative estimate of drug-likeness (QED) is 0.468. The van der Waals surface area contributed by atoms with Crippen molar-refractivity contribution in [1.29, 1.82) is 0 Å². The summed E-state index contributed by atoms with van der Waals surface area (Å²) in [7, 11) is -2.54. The first-order valence-corrected chi connectivity index (χ1v) is 13.4. The van der Waals surface area contributed by atoms with Gasteiger partial charge in [0.25, 0.3) is 5.56 Å². The minimum atomic E-state index is -2.54. The molecule has 1 N–H and O–H groups in total. The van der Waals surface area contributed by atoms with Crippen LogP contribution in [0.4, 0.5) is 0 Å². The number of aromatic nitrogens is 2. The maximum atomic E-state index is 12.6. The van der Waals surface area contributed by atoms with Gasteiger partial charge in [-0.25, -0.2) is 4.79 Å². The number of benzene rings is 2. The fourth-order valence-corrected chi connectivity index (χ4v) is 12.7. The Labute approximate surface area is 194 Å². The molecule has 1 aliphatic heterocycles. The normalized spacial score (nSPS) is 21.6. The Balaban J connectivity index is 1.90. The molecule has 3 unspecified atom stereocenters. The number of aromatic amines is 1. The van der Waals surface area contributed by atoms with Crippen LogP contribution in [0.1, 0.15) is 39.0 Å². The van der Waals surface area contributed by atoms with E-state index in [2.05, 4.69) is 74.3 Å². The highest BCUT2D eigenvalue weighted by Gasteiger charge is 2.58. The van der Waals surface area contributed by atoms with Gasteiger partial charge in [0, 0.05) is 17.3 Å². The third-order valence-electron chi connectivity index (χ3n) is 6.71. The lowest BCUT2D eigenvalue weighted by Crippen LogP contribution is -2.68. The minimum Gasteiger partial charge on any atom is -0.339 e. The monoisotopic (exact) mass is 468 g/mol. The van der Waals surface area contributed by atoms with Crippen LogP contribution in [0, 0.1) is 6.92 Å². The number of halogens is 1.